The van der Waals surface area contributed by atoms with E-state index in [4.69, 9.17) is 4.74 Å². The normalized spacial score (nSPS) is 20.3. The molecule has 2 rings (SSSR count). The summed E-state index contributed by atoms with van der Waals surface area (Å²) in [6, 6.07) is 2.16. The molecule has 6 heteroatoms. The molecule has 20 heavy (non-hydrogen) atoms. The minimum absolute atomic E-state index is 0.325. The van der Waals surface area contributed by atoms with Gasteiger partial charge in [-0.15, -0.1) is 0 Å². The maximum Gasteiger partial charge on any atom is 0.216 e. The van der Waals surface area contributed by atoms with Crippen LogP contribution in [0, 0.1) is 3.70 Å². The van der Waals surface area contributed by atoms with E-state index in [1.165, 1.54) is 5.69 Å². The number of aliphatic hydroxyl groups excluding tert-OH is 1. The van der Waals surface area contributed by atoms with Gasteiger partial charge < -0.3 is 9.84 Å². The van der Waals surface area contributed by atoms with Crippen molar-refractivity contribution in [1.29, 1.82) is 0 Å². The zero-order valence-corrected chi connectivity index (χ0v) is 14.8. The first-order valence-corrected chi connectivity index (χ1v) is 8.13. The highest BCUT2D eigenvalue weighted by molar-refractivity contribution is 14.1. The summed E-state index contributed by atoms with van der Waals surface area (Å²) in [5.41, 5.74) is 0.967. The number of halogens is 1. The van der Waals surface area contributed by atoms with Gasteiger partial charge in [-0.25, -0.2) is 0 Å². The van der Waals surface area contributed by atoms with Crippen molar-refractivity contribution in [2.75, 3.05) is 13.1 Å². The van der Waals surface area contributed by atoms with E-state index >= 15 is 0 Å². The molecule has 0 spiro atoms. The van der Waals surface area contributed by atoms with Crippen molar-refractivity contribution in [1.82, 2.24) is 14.7 Å². The van der Waals surface area contributed by atoms with Gasteiger partial charge in [0.05, 0.1) is 5.60 Å². The van der Waals surface area contributed by atoms with E-state index in [-0.39, 0.29) is 5.60 Å². The third-order valence-electron chi connectivity index (χ3n) is 3.61. The minimum atomic E-state index is -0.803. The number of aliphatic hydroxyl groups is 1. The van der Waals surface area contributed by atoms with Crippen molar-refractivity contribution in [3.8, 4) is 0 Å². The monoisotopic (exact) mass is 393 g/mol. The predicted octanol–water partition coefficient (Wildman–Crippen LogP) is 2.30. The SMILES string of the molecule is Cn1nc(I)cc1C1CCN(C(O)OC(C)(C)C)CC1. The van der Waals surface area contributed by atoms with Crippen molar-refractivity contribution in [3.05, 3.63) is 15.5 Å². The Morgan fingerprint density at radius 1 is 1.40 bits per heavy atom. The average molecular weight is 393 g/mol. The van der Waals surface area contributed by atoms with Crippen molar-refractivity contribution in [2.45, 2.75) is 51.5 Å². The van der Waals surface area contributed by atoms with Gasteiger partial charge in [0.1, 0.15) is 3.70 Å². The Bertz CT molecular complexity index is 448. The quantitative estimate of drug-likeness (QED) is 0.633. The lowest BCUT2D eigenvalue weighted by atomic mass is 9.93. The molecule has 5 nitrogen and oxygen atoms in total. The number of hydrogen-bond donors (Lipinski definition) is 1. The predicted molar refractivity (Wildman–Crippen MR) is 86.3 cm³/mol. The van der Waals surface area contributed by atoms with E-state index in [2.05, 4.69) is 33.8 Å². The number of likely N-dealkylation sites (tertiary alicyclic amines) is 1. The standard InChI is InChI=1S/C14H24IN3O2/c1-14(2,3)20-13(19)18-7-5-10(6-8-18)11-9-12(15)16-17(11)4/h9-10,13,19H,5-8H2,1-4H3. The van der Waals surface area contributed by atoms with Gasteiger partial charge in [-0.1, -0.05) is 0 Å². The fraction of sp³-hybridized carbons (Fsp3) is 0.786. The van der Waals surface area contributed by atoms with E-state index in [9.17, 15) is 5.11 Å². The van der Waals surface area contributed by atoms with Gasteiger partial charge in [0.25, 0.3) is 0 Å². The van der Waals surface area contributed by atoms with Crippen LogP contribution in [0.5, 0.6) is 0 Å². The van der Waals surface area contributed by atoms with Crippen LogP contribution >= 0.6 is 22.6 Å². The Balaban J connectivity index is 1.91. The van der Waals surface area contributed by atoms with Crippen LogP contribution in [0.25, 0.3) is 0 Å². The highest BCUT2D eigenvalue weighted by atomic mass is 127. The van der Waals surface area contributed by atoms with Crippen LogP contribution in [0.4, 0.5) is 0 Å². The molecule has 0 aliphatic carbocycles. The number of hydrogen-bond acceptors (Lipinski definition) is 4. The first-order chi connectivity index (χ1) is 9.26. The number of piperidine rings is 1. The average Bonchev–Trinajstić information content (AvgIpc) is 2.66. The van der Waals surface area contributed by atoms with Gasteiger partial charge in [-0.3, -0.25) is 9.58 Å². The molecular formula is C14H24IN3O2. The molecule has 1 fully saturated rings. The van der Waals surface area contributed by atoms with Gasteiger partial charge in [0.2, 0.25) is 6.41 Å². The van der Waals surface area contributed by atoms with Crippen LogP contribution in [0.3, 0.4) is 0 Å². The van der Waals surface area contributed by atoms with Crippen LogP contribution in [0.1, 0.15) is 45.2 Å². The van der Waals surface area contributed by atoms with E-state index in [1.807, 2.05) is 37.4 Å². The molecule has 0 aromatic carbocycles. The van der Waals surface area contributed by atoms with E-state index in [0.29, 0.717) is 5.92 Å². The highest BCUT2D eigenvalue weighted by Crippen LogP contribution is 2.29. The third-order valence-corrected chi connectivity index (χ3v) is 4.13. The molecule has 0 saturated carbocycles. The van der Waals surface area contributed by atoms with Crippen LogP contribution in [-0.2, 0) is 11.8 Å². The van der Waals surface area contributed by atoms with Gasteiger partial charge in [0, 0.05) is 31.7 Å². The molecule has 0 radical (unpaired) electrons. The zero-order chi connectivity index (χ0) is 14.9. The Morgan fingerprint density at radius 3 is 2.45 bits per heavy atom. The molecule has 1 aliphatic heterocycles. The van der Waals surface area contributed by atoms with Crippen LogP contribution in [0.15, 0.2) is 6.07 Å². The Kier molecular flexibility index (Phi) is 5.09. The molecule has 1 unspecified atom stereocenters. The van der Waals surface area contributed by atoms with Crippen molar-refractivity contribution in [2.24, 2.45) is 7.05 Å². The summed E-state index contributed by atoms with van der Waals surface area (Å²) in [4.78, 5) is 2.00. The molecule has 1 atom stereocenters. The fourth-order valence-corrected chi connectivity index (χ4v) is 3.28. The smallest absolute Gasteiger partial charge is 0.216 e. The zero-order valence-electron chi connectivity index (χ0n) is 12.6. The lowest BCUT2D eigenvalue weighted by Gasteiger charge is -2.37. The maximum absolute atomic E-state index is 10.1. The van der Waals surface area contributed by atoms with Crippen molar-refractivity contribution in [3.63, 3.8) is 0 Å². The second-order valence-corrected chi connectivity index (χ2v) is 7.49. The van der Waals surface area contributed by atoms with E-state index in [1.54, 1.807) is 0 Å². The highest BCUT2D eigenvalue weighted by Gasteiger charge is 2.29. The van der Waals surface area contributed by atoms with E-state index < -0.39 is 6.41 Å². The van der Waals surface area contributed by atoms with Crippen LogP contribution in [-0.4, -0.2) is 44.9 Å². The molecule has 114 valence electrons. The largest absolute Gasteiger partial charge is 0.356 e. The Morgan fingerprint density at radius 2 is 2.00 bits per heavy atom. The van der Waals surface area contributed by atoms with Crippen molar-refractivity contribution < 1.29 is 9.84 Å². The van der Waals surface area contributed by atoms with Gasteiger partial charge in [-0.05, 0) is 62.3 Å². The lowest BCUT2D eigenvalue weighted by molar-refractivity contribution is -0.242. The summed E-state index contributed by atoms with van der Waals surface area (Å²) >= 11 is 2.25. The molecule has 2 heterocycles. The van der Waals surface area contributed by atoms with Gasteiger partial charge in [0.15, 0.2) is 0 Å². The topological polar surface area (TPSA) is 50.5 Å². The first-order valence-electron chi connectivity index (χ1n) is 7.05. The number of rotatable bonds is 3. The Labute approximate surface area is 134 Å². The number of ether oxygens (including phenoxy) is 1. The molecule has 0 amide bonds. The Hall–Kier alpha value is -0.180. The third kappa shape index (κ3) is 4.16. The maximum atomic E-state index is 10.1. The summed E-state index contributed by atoms with van der Waals surface area (Å²) in [6.07, 6.45) is 1.25. The summed E-state index contributed by atoms with van der Waals surface area (Å²) in [7, 11) is 2.00. The van der Waals surface area contributed by atoms with Crippen LogP contribution in [0.2, 0.25) is 0 Å². The summed E-state index contributed by atoms with van der Waals surface area (Å²) < 4.78 is 8.63. The molecule has 1 aliphatic rings. The summed E-state index contributed by atoms with van der Waals surface area (Å²) in [5, 5.41) is 14.5. The number of aryl methyl sites for hydroxylation is 1. The number of nitrogens with zero attached hydrogens (tertiary/aromatic N) is 3. The van der Waals surface area contributed by atoms with Crippen LogP contribution < -0.4 is 0 Å². The molecular weight excluding hydrogens is 369 g/mol. The fourth-order valence-electron chi connectivity index (χ4n) is 2.63. The summed E-state index contributed by atoms with van der Waals surface area (Å²) in [5.74, 6) is 0.522. The summed E-state index contributed by atoms with van der Waals surface area (Å²) in [6.45, 7) is 7.58. The minimum Gasteiger partial charge on any atom is -0.356 e. The van der Waals surface area contributed by atoms with Gasteiger partial charge >= 0.3 is 0 Å². The molecule has 1 aromatic heterocycles. The van der Waals surface area contributed by atoms with E-state index in [0.717, 1.165) is 29.6 Å². The van der Waals surface area contributed by atoms with Crippen molar-refractivity contribution >= 4 is 22.6 Å². The second kappa shape index (κ2) is 6.29. The first kappa shape index (κ1) is 16.2. The lowest BCUT2D eigenvalue weighted by Crippen LogP contribution is -2.45. The number of aromatic nitrogens is 2. The van der Waals surface area contributed by atoms with Gasteiger partial charge in [-0.2, -0.15) is 5.10 Å². The molecule has 1 saturated heterocycles. The molecule has 0 bridgehead atoms. The molecule has 1 N–H and O–H groups in total. The second-order valence-electron chi connectivity index (χ2n) is 6.38. The molecule has 1 aromatic rings.